The van der Waals surface area contributed by atoms with E-state index in [0.717, 1.165) is 19.3 Å². The van der Waals surface area contributed by atoms with Gasteiger partial charge >= 0.3 is 6.03 Å². The maximum Gasteiger partial charge on any atom is 0.315 e. The average molecular weight is 257 g/mol. The Bertz CT molecular complexity index is 271. The SMILES string of the molecule is CNC[C@H](C1CCCCN1C(N)=O)[C@@H](O)C(C)C. The van der Waals surface area contributed by atoms with Gasteiger partial charge in [-0.3, -0.25) is 0 Å². The highest BCUT2D eigenvalue weighted by Gasteiger charge is 2.36. The van der Waals surface area contributed by atoms with Crippen LogP contribution in [0.1, 0.15) is 33.1 Å². The zero-order valence-electron chi connectivity index (χ0n) is 11.7. The molecular weight excluding hydrogens is 230 g/mol. The summed E-state index contributed by atoms with van der Waals surface area (Å²) in [4.78, 5) is 13.2. The molecule has 1 fully saturated rings. The van der Waals surface area contributed by atoms with E-state index in [9.17, 15) is 9.90 Å². The van der Waals surface area contributed by atoms with Gasteiger partial charge in [-0.2, -0.15) is 0 Å². The zero-order valence-corrected chi connectivity index (χ0v) is 11.7. The first-order valence-corrected chi connectivity index (χ1v) is 6.87. The number of rotatable bonds is 5. The second-order valence-corrected chi connectivity index (χ2v) is 5.55. The molecule has 0 aliphatic carbocycles. The van der Waals surface area contributed by atoms with Crippen LogP contribution in [0.5, 0.6) is 0 Å². The van der Waals surface area contributed by atoms with Crippen molar-refractivity contribution in [1.82, 2.24) is 10.2 Å². The molecule has 1 rings (SSSR count). The molecule has 1 unspecified atom stereocenters. The number of nitrogens with two attached hydrogens (primary N) is 1. The van der Waals surface area contributed by atoms with E-state index in [4.69, 9.17) is 5.73 Å². The van der Waals surface area contributed by atoms with Crippen molar-refractivity contribution in [3.05, 3.63) is 0 Å². The van der Waals surface area contributed by atoms with Crippen molar-refractivity contribution >= 4 is 6.03 Å². The number of amides is 2. The summed E-state index contributed by atoms with van der Waals surface area (Å²) in [6.45, 7) is 5.42. The second-order valence-electron chi connectivity index (χ2n) is 5.55. The number of carbonyl (C=O) groups is 1. The lowest BCUT2D eigenvalue weighted by molar-refractivity contribution is 0.0108. The average Bonchev–Trinajstić information content (AvgIpc) is 2.35. The van der Waals surface area contributed by atoms with E-state index in [-0.39, 0.29) is 23.9 Å². The highest BCUT2D eigenvalue weighted by Crippen LogP contribution is 2.27. The third kappa shape index (κ3) is 3.59. The summed E-state index contributed by atoms with van der Waals surface area (Å²) >= 11 is 0. The fraction of sp³-hybridized carbons (Fsp3) is 0.923. The number of hydrogen-bond acceptors (Lipinski definition) is 3. The number of primary amides is 1. The Balaban J connectivity index is 2.84. The Morgan fingerprint density at radius 2 is 2.17 bits per heavy atom. The summed E-state index contributed by atoms with van der Waals surface area (Å²) in [7, 11) is 1.87. The van der Waals surface area contributed by atoms with Crippen LogP contribution in [0.4, 0.5) is 4.79 Å². The predicted molar refractivity (Wildman–Crippen MR) is 72.2 cm³/mol. The van der Waals surface area contributed by atoms with Crippen molar-refractivity contribution in [3.63, 3.8) is 0 Å². The Morgan fingerprint density at radius 1 is 1.50 bits per heavy atom. The number of nitrogens with one attached hydrogen (secondary N) is 1. The fourth-order valence-corrected chi connectivity index (χ4v) is 2.89. The molecular formula is C13H27N3O2. The number of aliphatic hydroxyl groups is 1. The second kappa shape index (κ2) is 6.95. The van der Waals surface area contributed by atoms with E-state index >= 15 is 0 Å². The number of aliphatic hydroxyl groups excluding tert-OH is 1. The molecule has 5 heteroatoms. The highest BCUT2D eigenvalue weighted by molar-refractivity contribution is 5.72. The lowest BCUT2D eigenvalue weighted by atomic mass is 9.82. The van der Waals surface area contributed by atoms with Gasteiger partial charge < -0.3 is 21.1 Å². The number of nitrogens with zero attached hydrogens (tertiary/aromatic N) is 1. The molecule has 2 amide bonds. The Labute approximate surface area is 110 Å². The minimum absolute atomic E-state index is 0.0443. The minimum atomic E-state index is -0.414. The number of likely N-dealkylation sites (tertiary alicyclic amines) is 1. The van der Waals surface area contributed by atoms with E-state index in [0.29, 0.717) is 13.1 Å². The van der Waals surface area contributed by atoms with Crippen molar-refractivity contribution in [3.8, 4) is 0 Å². The predicted octanol–water partition coefficient (Wildman–Crippen LogP) is 0.772. The van der Waals surface area contributed by atoms with Crippen LogP contribution in [0.25, 0.3) is 0 Å². The number of hydrogen-bond donors (Lipinski definition) is 3. The van der Waals surface area contributed by atoms with Crippen molar-refractivity contribution in [2.75, 3.05) is 20.1 Å². The normalized spacial score (nSPS) is 24.1. The van der Waals surface area contributed by atoms with Gasteiger partial charge in [-0.25, -0.2) is 4.79 Å². The summed E-state index contributed by atoms with van der Waals surface area (Å²) in [6.07, 6.45) is 2.62. The van der Waals surface area contributed by atoms with Crippen LogP contribution in [-0.4, -0.2) is 48.3 Å². The molecule has 3 atom stereocenters. The van der Waals surface area contributed by atoms with Crippen LogP contribution >= 0.6 is 0 Å². The van der Waals surface area contributed by atoms with Gasteiger partial charge in [0.1, 0.15) is 0 Å². The molecule has 0 spiro atoms. The van der Waals surface area contributed by atoms with Gasteiger partial charge in [0.05, 0.1) is 6.10 Å². The van der Waals surface area contributed by atoms with E-state index in [2.05, 4.69) is 5.32 Å². The maximum atomic E-state index is 11.5. The zero-order chi connectivity index (χ0) is 13.7. The summed E-state index contributed by atoms with van der Waals surface area (Å²) in [5.41, 5.74) is 5.45. The first-order valence-electron chi connectivity index (χ1n) is 6.87. The van der Waals surface area contributed by atoms with Crippen molar-refractivity contribution in [2.45, 2.75) is 45.3 Å². The van der Waals surface area contributed by atoms with Crippen molar-refractivity contribution < 1.29 is 9.90 Å². The van der Waals surface area contributed by atoms with E-state index in [1.807, 2.05) is 20.9 Å². The summed E-state index contributed by atoms with van der Waals surface area (Å²) in [5.74, 6) is 0.225. The summed E-state index contributed by atoms with van der Waals surface area (Å²) < 4.78 is 0. The van der Waals surface area contributed by atoms with Crippen LogP contribution in [0, 0.1) is 11.8 Å². The van der Waals surface area contributed by atoms with Crippen LogP contribution in [0.2, 0.25) is 0 Å². The molecule has 0 radical (unpaired) electrons. The molecule has 0 aromatic rings. The molecule has 0 aromatic carbocycles. The monoisotopic (exact) mass is 257 g/mol. The Morgan fingerprint density at radius 3 is 2.67 bits per heavy atom. The topological polar surface area (TPSA) is 78.6 Å². The molecule has 1 aliphatic rings. The third-order valence-corrected chi connectivity index (χ3v) is 3.89. The van der Waals surface area contributed by atoms with Gasteiger partial charge in [-0.05, 0) is 32.2 Å². The Kier molecular flexibility index (Phi) is 5.88. The molecule has 4 N–H and O–H groups in total. The molecule has 5 nitrogen and oxygen atoms in total. The lowest BCUT2D eigenvalue weighted by Gasteiger charge is -2.42. The highest BCUT2D eigenvalue weighted by atomic mass is 16.3. The van der Waals surface area contributed by atoms with Crippen molar-refractivity contribution in [1.29, 1.82) is 0 Å². The standard InChI is InChI=1S/C13H27N3O2/c1-9(2)12(17)10(8-15-3)11-6-4-5-7-16(11)13(14)18/h9-12,15,17H,4-8H2,1-3H3,(H2,14,18)/t10-,11?,12+/m1/s1. The van der Waals surface area contributed by atoms with E-state index in [1.165, 1.54) is 0 Å². The van der Waals surface area contributed by atoms with Gasteiger partial charge in [-0.1, -0.05) is 13.8 Å². The van der Waals surface area contributed by atoms with Crippen LogP contribution in [0.3, 0.4) is 0 Å². The van der Waals surface area contributed by atoms with E-state index < -0.39 is 6.10 Å². The maximum absolute atomic E-state index is 11.5. The van der Waals surface area contributed by atoms with Crippen LogP contribution in [0.15, 0.2) is 0 Å². The molecule has 18 heavy (non-hydrogen) atoms. The molecule has 106 valence electrons. The molecule has 1 heterocycles. The first-order chi connectivity index (χ1) is 8.49. The molecule has 1 saturated heterocycles. The molecule has 0 bridgehead atoms. The van der Waals surface area contributed by atoms with Crippen LogP contribution in [-0.2, 0) is 0 Å². The lowest BCUT2D eigenvalue weighted by Crippen LogP contribution is -2.55. The molecule has 0 aromatic heterocycles. The number of piperidine rings is 1. The van der Waals surface area contributed by atoms with Gasteiger partial charge in [0, 0.05) is 25.0 Å². The Hall–Kier alpha value is -0.810. The summed E-state index contributed by atoms with van der Waals surface area (Å²) in [5, 5.41) is 13.5. The molecule has 1 aliphatic heterocycles. The smallest absolute Gasteiger partial charge is 0.315 e. The first kappa shape index (κ1) is 15.2. The van der Waals surface area contributed by atoms with Crippen LogP contribution < -0.4 is 11.1 Å². The van der Waals surface area contributed by atoms with Gasteiger partial charge in [0.25, 0.3) is 0 Å². The fourth-order valence-electron chi connectivity index (χ4n) is 2.89. The minimum Gasteiger partial charge on any atom is -0.392 e. The molecule has 0 saturated carbocycles. The van der Waals surface area contributed by atoms with Crippen molar-refractivity contribution in [2.24, 2.45) is 17.6 Å². The quantitative estimate of drug-likeness (QED) is 0.681. The van der Waals surface area contributed by atoms with Gasteiger partial charge in [0.15, 0.2) is 0 Å². The number of carbonyl (C=O) groups excluding carboxylic acids is 1. The number of urea groups is 1. The van der Waals surface area contributed by atoms with Gasteiger partial charge in [0.2, 0.25) is 0 Å². The largest absolute Gasteiger partial charge is 0.392 e. The third-order valence-electron chi connectivity index (χ3n) is 3.89. The summed E-state index contributed by atoms with van der Waals surface area (Å²) in [6, 6.07) is -0.308. The van der Waals surface area contributed by atoms with E-state index in [1.54, 1.807) is 4.90 Å². The van der Waals surface area contributed by atoms with Gasteiger partial charge in [-0.15, -0.1) is 0 Å².